The monoisotopic (exact) mass is 226 g/mol. The Balaban J connectivity index is 1.74. The zero-order valence-electron chi connectivity index (χ0n) is 10.7. The summed E-state index contributed by atoms with van der Waals surface area (Å²) >= 11 is 0. The number of nitrogens with one attached hydrogen (secondary N) is 1. The van der Waals surface area contributed by atoms with Crippen LogP contribution in [0.4, 0.5) is 0 Å². The number of ether oxygens (including phenoxy) is 1. The Kier molecular flexibility index (Phi) is 4.62. The normalized spacial score (nSPS) is 36.0. The van der Waals surface area contributed by atoms with Crippen molar-refractivity contribution in [3.63, 3.8) is 0 Å². The molecule has 0 radical (unpaired) electrons. The van der Waals surface area contributed by atoms with Crippen molar-refractivity contribution < 1.29 is 4.74 Å². The summed E-state index contributed by atoms with van der Waals surface area (Å²) in [6.07, 6.45) is 4.35. The smallest absolute Gasteiger partial charge is 0.0613 e. The molecule has 0 saturated carbocycles. The van der Waals surface area contributed by atoms with Crippen molar-refractivity contribution >= 4 is 0 Å². The molecule has 0 aromatic rings. The second-order valence-electron chi connectivity index (χ2n) is 5.34. The molecule has 3 unspecified atom stereocenters. The van der Waals surface area contributed by atoms with Gasteiger partial charge >= 0.3 is 0 Å². The lowest BCUT2D eigenvalue weighted by molar-refractivity contribution is 0.0779. The second-order valence-corrected chi connectivity index (χ2v) is 5.34. The van der Waals surface area contributed by atoms with E-state index in [2.05, 4.69) is 24.2 Å². The molecule has 3 heteroatoms. The van der Waals surface area contributed by atoms with Gasteiger partial charge in [0.15, 0.2) is 0 Å². The first-order chi connectivity index (χ1) is 7.83. The maximum absolute atomic E-state index is 5.76. The van der Waals surface area contributed by atoms with Crippen LogP contribution in [0.3, 0.4) is 0 Å². The molecule has 2 rings (SSSR count). The van der Waals surface area contributed by atoms with E-state index in [1.54, 1.807) is 0 Å². The van der Waals surface area contributed by atoms with Crippen LogP contribution < -0.4 is 5.32 Å². The van der Waals surface area contributed by atoms with E-state index >= 15 is 0 Å². The summed E-state index contributed by atoms with van der Waals surface area (Å²) in [6, 6.07) is 0. The third-order valence-corrected chi connectivity index (χ3v) is 4.10. The summed E-state index contributed by atoms with van der Waals surface area (Å²) in [7, 11) is 2.06. The molecule has 94 valence electrons. The number of nitrogens with zero attached hydrogens (tertiary/aromatic N) is 1. The molecule has 0 bridgehead atoms. The minimum absolute atomic E-state index is 0.531. The van der Waals surface area contributed by atoms with Crippen LogP contribution in [0.5, 0.6) is 0 Å². The highest BCUT2D eigenvalue weighted by Gasteiger charge is 2.30. The Hall–Kier alpha value is -0.120. The minimum Gasteiger partial charge on any atom is -0.378 e. The van der Waals surface area contributed by atoms with Gasteiger partial charge in [0.25, 0.3) is 0 Å². The Morgan fingerprint density at radius 1 is 1.38 bits per heavy atom. The van der Waals surface area contributed by atoms with E-state index in [4.69, 9.17) is 4.74 Å². The third kappa shape index (κ3) is 2.96. The highest BCUT2D eigenvalue weighted by Crippen LogP contribution is 2.26. The first kappa shape index (κ1) is 12.3. The van der Waals surface area contributed by atoms with Crippen molar-refractivity contribution in [1.29, 1.82) is 0 Å². The van der Waals surface area contributed by atoms with Crippen LogP contribution >= 0.6 is 0 Å². The maximum atomic E-state index is 5.76. The van der Waals surface area contributed by atoms with Crippen LogP contribution in [-0.4, -0.2) is 50.8 Å². The Labute approximate surface area is 99.5 Å². The fourth-order valence-corrected chi connectivity index (χ4v) is 3.22. The molecule has 0 aromatic carbocycles. The van der Waals surface area contributed by atoms with Gasteiger partial charge < -0.3 is 15.0 Å². The van der Waals surface area contributed by atoms with Gasteiger partial charge in [0.05, 0.1) is 6.10 Å². The van der Waals surface area contributed by atoms with Gasteiger partial charge in [-0.1, -0.05) is 6.92 Å². The second kappa shape index (κ2) is 5.99. The van der Waals surface area contributed by atoms with Crippen LogP contribution in [-0.2, 0) is 4.74 Å². The van der Waals surface area contributed by atoms with E-state index in [0.717, 1.165) is 18.4 Å². The van der Waals surface area contributed by atoms with E-state index in [1.165, 1.54) is 45.4 Å². The molecule has 2 heterocycles. The Morgan fingerprint density at radius 2 is 2.25 bits per heavy atom. The lowest BCUT2D eigenvalue weighted by atomic mass is 9.99. The van der Waals surface area contributed by atoms with E-state index in [9.17, 15) is 0 Å². The molecule has 0 aliphatic carbocycles. The largest absolute Gasteiger partial charge is 0.378 e. The van der Waals surface area contributed by atoms with Gasteiger partial charge in [-0.05, 0) is 51.2 Å². The zero-order valence-corrected chi connectivity index (χ0v) is 10.7. The summed E-state index contributed by atoms with van der Waals surface area (Å²) < 4.78 is 5.76. The van der Waals surface area contributed by atoms with Gasteiger partial charge in [0.2, 0.25) is 0 Å². The highest BCUT2D eigenvalue weighted by molar-refractivity contribution is 4.83. The Morgan fingerprint density at radius 3 is 3.00 bits per heavy atom. The molecule has 3 atom stereocenters. The third-order valence-electron chi connectivity index (χ3n) is 4.10. The molecule has 0 amide bonds. The van der Waals surface area contributed by atoms with Crippen molar-refractivity contribution in [2.24, 2.45) is 11.8 Å². The molecule has 3 nitrogen and oxygen atoms in total. The number of rotatable bonds is 5. The van der Waals surface area contributed by atoms with E-state index in [0.29, 0.717) is 6.10 Å². The summed E-state index contributed by atoms with van der Waals surface area (Å²) in [5.41, 5.74) is 0. The molecular formula is C13H26N2O. The first-order valence-electron chi connectivity index (χ1n) is 6.82. The molecule has 2 aliphatic heterocycles. The van der Waals surface area contributed by atoms with Gasteiger partial charge in [-0.3, -0.25) is 0 Å². The molecule has 2 aliphatic rings. The van der Waals surface area contributed by atoms with Crippen molar-refractivity contribution in [3.8, 4) is 0 Å². The summed E-state index contributed by atoms with van der Waals surface area (Å²) in [5.74, 6) is 1.66. The van der Waals surface area contributed by atoms with Crippen LogP contribution in [0, 0.1) is 11.8 Å². The van der Waals surface area contributed by atoms with Crippen LogP contribution in [0.1, 0.15) is 26.2 Å². The van der Waals surface area contributed by atoms with Gasteiger partial charge in [-0.25, -0.2) is 0 Å². The standard InChI is InChI=1S/C13H26N2O/c1-3-13-12(5-7-16-13)10-15-6-4-11(9-15)8-14-2/h11-14H,3-10H2,1-2H3. The van der Waals surface area contributed by atoms with E-state index in [1.807, 2.05) is 0 Å². The van der Waals surface area contributed by atoms with Gasteiger partial charge in [0.1, 0.15) is 0 Å². The highest BCUT2D eigenvalue weighted by atomic mass is 16.5. The number of hydrogen-bond acceptors (Lipinski definition) is 3. The van der Waals surface area contributed by atoms with Crippen molar-refractivity contribution in [2.45, 2.75) is 32.3 Å². The summed E-state index contributed by atoms with van der Waals surface area (Å²) in [5, 5.41) is 3.29. The average Bonchev–Trinajstić information content (AvgIpc) is 2.89. The number of likely N-dealkylation sites (tertiary alicyclic amines) is 1. The predicted octanol–water partition coefficient (Wildman–Crippen LogP) is 1.34. The minimum atomic E-state index is 0.531. The SMILES string of the molecule is CCC1OCCC1CN1CCC(CNC)C1. The van der Waals surface area contributed by atoms with Gasteiger partial charge in [-0.15, -0.1) is 0 Å². The zero-order chi connectivity index (χ0) is 11.4. The lowest BCUT2D eigenvalue weighted by Crippen LogP contribution is -2.32. The maximum Gasteiger partial charge on any atom is 0.0613 e. The van der Waals surface area contributed by atoms with Crippen LogP contribution in [0.15, 0.2) is 0 Å². The number of hydrogen-bond donors (Lipinski definition) is 1. The van der Waals surface area contributed by atoms with Crippen LogP contribution in [0.2, 0.25) is 0 Å². The summed E-state index contributed by atoms with van der Waals surface area (Å²) in [6.45, 7) is 8.24. The molecule has 0 spiro atoms. The quantitative estimate of drug-likeness (QED) is 0.766. The fourth-order valence-electron chi connectivity index (χ4n) is 3.22. The van der Waals surface area contributed by atoms with Gasteiger partial charge in [0, 0.05) is 19.7 Å². The first-order valence-corrected chi connectivity index (χ1v) is 6.82. The van der Waals surface area contributed by atoms with Crippen molar-refractivity contribution in [2.75, 3.05) is 39.8 Å². The molecule has 16 heavy (non-hydrogen) atoms. The van der Waals surface area contributed by atoms with Crippen molar-refractivity contribution in [3.05, 3.63) is 0 Å². The fraction of sp³-hybridized carbons (Fsp3) is 1.00. The molecule has 2 fully saturated rings. The molecule has 0 aromatic heterocycles. The van der Waals surface area contributed by atoms with Crippen LogP contribution in [0.25, 0.3) is 0 Å². The molecular weight excluding hydrogens is 200 g/mol. The molecule has 2 saturated heterocycles. The molecule has 1 N–H and O–H groups in total. The van der Waals surface area contributed by atoms with Crippen molar-refractivity contribution in [1.82, 2.24) is 10.2 Å². The summed E-state index contributed by atoms with van der Waals surface area (Å²) in [4.78, 5) is 2.64. The lowest BCUT2D eigenvalue weighted by Gasteiger charge is -2.23. The van der Waals surface area contributed by atoms with Gasteiger partial charge in [-0.2, -0.15) is 0 Å². The average molecular weight is 226 g/mol. The Bertz CT molecular complexity index is 210. The van der Waals surface area contributed by atoms with E-state index < -0.39 is 0 Å². The topological polar surface area (TPSA) is 24.5 Å². The predicted molar refractivity (Wildman–Crippen MR) is 66.6 cm³/mol. The van der Waals surface area contributed by atoms with E-state index in [-0.39, 0.29) is 0 Å².